The molecule has 4 heteroatoms. The van der Waals surface area contributed by atoms with Crippen LogP contribution in [-0.4, -0.2) is 30.3 Å². The second-order valence-electron chi connectivity index (χ2n) is 7.04. The summed E-state index contributed by atoms with van der Waals surface area (Å²) in [4.78, 5) is 12.8. The molecule has 2 aliphatic rings. The molecule has 4 nitrogen and oxygen atoms in total. The fraction of sp³-hybridized carbons (Fsp3) is 0.611. The second-order valence-corrected chi connectivity index (χ2v) is 7.04. The highest BCUT2D eigenvalue weighted by molar-refractivity contribution is 5.82. The van der Waals surface area contributed by atoms with E-state index in [0.29, 0.717) is 12.3 Å². The number of aliphatic hydroxyl groups excluding tert-OH is 1. The topological polar surface area (TPSA) is 58.6 Å². The first kappa shape index (κ1) is 15.5. The molecule has 3 rings (SSSR count). The number of fused-ring (bicyclic) bond motifs is 1. The van der Waals surface area contributed by atoms with Crippen molar-refractivity contribution in [3.05, 3.63) is 35.4 Å². The molecule has 1 aliphatic heterocycles. The maximum Gasteiger partial charge on any atom is 0.226 e. The van der Waals surface area contributed by atoms with Gasteiger partial charge in [-0.3, -0.25) is 4.79 Å². The van der Waals surface area contributed by atoms with Crippen LogP contribution in [0.3, 0.4) is 0 Å². The number of hydrogen-bond acceptors (Lipinski definition) is 3. The number of carbonyl (C=O) groups is 1. The third kappa shape index (κ3) is 2.77. The molecule has 0 bridgehead atoms. The molecule has 1 aliphatic carbocycles. The van der Waals surface area contributed by atoms with Gasteiger partial charge in [0.05, 0.1) is 12.1 Å². The minimum Gasteiger partial charge on any atom is -0.386 e. The van der Waals surface area contributed by atoms with Crippen molar-refractivity contribution >= 4 is 5.91 Å². The highest BCUT2D eigenvalue weighted by Crippen LogP contribution is 2.36. The van der Waals surface area contributed by atoms with E-state index in [1.165, 1.54) is 0 Å². The van der Waals surface area contributed by atoms with Crippen LogP contribution in [0.15, 0.2) is 24.3 Å². The molecule has 1 aromatic carbocycles. The van der Waals surface area contributed by atoms with Crippen LogP contribution in [0.5, 0.6) is 0 Å². The minimum absolute atomic E-state index is 0.0382. The Morgan fingerprint density at radius 1 is 1.27 bits per heavy atom. The Kier molecular flexibility index (Phi) is 4.24. The highest BCUT2D eigenvalue weighted by atomic mass is 16.5. The van der Waals surface area contributed by atoms with Crippen LogP contribution in [0.1, 0.15) is 43.9 Å². The summed E-state index contributed by atoms with van der Waals surface area (Å²) in [7, 11) is 0. The van der Waals surface area contributed by atoms with Gasteiger partial charge in [0.15, 0.2) is 0 Å². The zero-order chi connectivity index (χ0) is 15.7. The number of carbonyl (C=O) groups excluding carboxylic acids is 1. The van der Waals surface area contributed by atoms with E-state index < -0.39 is 11.5 Å². The lowest BCUT2D eigenvalue weighted by molar-refractivity contribution is -0.135. The minimum atomic E-state index is -0.606. The van der Waals surface area contributed by atoms with Crippen LogP contribution in [-0.2, 0) is 16.0 Å². The van der Waals surface area contributed by atoms with Gasteiger partial charge >= 0.3 is 0 Å². The molecule has 0 unspecified atom stereocenters. The Morgan fingerprint density at radius 2 is 1.95 bits per heavy atom. The van der Waals surface area contributed by atoms with Crippen molar-refractivity contribution in [1.29, 1.82) is 0 Å². The summed E-state index contributed by atoms with van der Waals surface area (Å²) in [6.07, 6.45) is 1.94. The summed E-state index contributed by atoms with van der Waals surface area (Å²) in [5, 5.41) is 13.5. The third-order valence-corrected chi connectivity index (χ3v) is 5.34. The maximum atomic E-state index is 12.8. The van der Waals surface area contributed by atoms with Gasteiger partial charge in [-0.1, -0.05) is 38.1 Å². The van der Waals surface area contributed by atoms with Gasteiger partial charge in [-0.2, -0.15) is 0 Å². The summed E-state index contributed by atoms with van der Waals surface area (Å²) < 4.78 is 5.40. The molecular formula is C18H25NO3. The SMILES string of the molecule is CC(C)(C(=O)N[C@@H]1Cc2ccccc2[C@H]1O)C1CCOCC1. The van der Waals surface area contributed by atoms with Crippen molar-refractivity contribution in [2.45, 2.75) is 45.3 Å². The summed E-state index contributed by atoms with van der Waals surface area (Å²) in [6.45, 7) is 5.48. The fourth-order valence-corrected chi connectivity index (χ4v) is 3.66. The predicted molar refractivity (Wildman–Crippen MR) is 84.4 cm³/mol. The van der Waals surface area contributed by atoms with Gasteiger partial charge < -0.3 is 15.2 Å². The van der Waals surface area contributed by atoms with E-state index in [1.807, 2.05) is 38.1 Å². The van der Waals surface area contributed by atoms with Crippen molar-refractivity contribution in [3.8, 4) is 0 Å². The summed E-state index contributed by atoms with van der Waals surface area (Å²) >= 11 is 0. The monoisotopic (exact) mass is 303 g/mol. The number of nitrogens with one attached hydrogen (secondary N) is 1. The van der Waals surface area contributed by atoms with Crippen LogP contribution >= 0.6 is 0 Å². The van der Waals surface area contributed by atoms with Gasteiger partial charge in [-0.25, -0.2) is 0 Å². The fourth-order valence-electron chi connectivity index (χ4n) is 3.66. The molecule has 120 valence electrons. The van der Waals surface area contributed by atoms with E-state index in [-0.39, 0.29) is 11.9 Å². The highest BCUT2D eigenvalue weighted by Gasteiger charge is 2.40. The molecule has 0 radical (unpaired) electrons. The van der Waals surface area contributed by atoms with Gasteiger partial charge in [0, 0.05) is 18.6 Å². The van der Waals surface area contributed by atoms with Crippen LogP contribution in [0.25, 0.3) is 0 Å². The van der Waals surface area contributed by atoms with Crippen molar-refractivity contribution in [3.63, 3.8) is 0 Å². The number of aliphatic hydroxyl groups is 1. The maximum absolute atomic E-state index is 12.8. The molecule has 0 aromatic heterocycles. The number of amides is 1. The summed E-state index contributed by atoms with van der Waals surface area (Å²) in [6, 6.07) is 7.65. The van der Waals surface area contributed by atoms with E-state index in [0.717, 1.165) is 37.2 Å². The van der Waals surface area contributed by atoms with E-state index in [9.17, 15) is 9.90 Å². The lowest BCUT2D eigenvalue weighted by Crippen LogP contribution is -2.48. The van der Waals surface area contributed by atoms with Crippen LogP contribution in [0, 0.1) is 11.3 Å². The van der Waals surface area contributed by atoms with Gasteiger partial charge in [-0.15, -0.1) is 0 Å². The molecule has 1 amide bonds. The van der Waals surface area contributed by atoms with Gasteiger partial charge in [0.1, 0.15) is 0 Å². The van der Waals surface area contributed by atoms with E-state index in [4.69, 9.17) is 4.74 Å². The number of benzene rings is 1. The molecule has 0 saturated carbocycles. The zero-order valence-electron chi connectivity index (χ0n) is 13.3. The number of rotatable bonds is 3. The van der Waals surface area contributed by atoms with Gasteiger partial charge in [0.25, 0.3) is 0 Å². The third-order valence-electron chi connectivity index (χ3n) is 5.34. The van der Waals surface area contributed by atoms with Crippen molar-refractivity contribution in [2.75, 3.05) is 13.2 Å². The smallest absolute Gasteiger partial charge is 0.226 e. The Morgan fingerprint density at radius 3 is 2.64 bits per heavy atom. The normalized spacial score (nSPS) is 25.8. The first-order chi connectivity index (χ1) is 10.5. The second kappa shape index (κ2) is 6.01. The molecule has 1 aromatic rings. The Hall–Kier alpha value is -1.39. The van der Waals surface area contributed by atoms with E-state index in [2.05, 4.69) is 5.32 Å². The molecule has 1 heterocycles. The first-order valence-electron chi connectivity index (χ1n) is 8.14. The van der Waals surface area contributed by atoms with E-state index in [1.54, 1.807) is 0 Å². The van der Waals surface area contributed by atoms with Crippen LogP contribution < -0.4 is 5.32 Å². The largest absolute Gasteiger partial charge is 0.386 e. The lowest BCUT2D eigenvalue weighted by Gasteiger charge is -2.36. The quantitative estimate of drug-likeness (QED) is 0.900. The predicted octanol–water partition coefficient (Wildman–Crippen LogP) is 2.21. The van der Waals surface area contributed by atoms with Crippen molar-refractivity contribution in [2.24, 2.45) is 11.3 Å². The van der Waals surface area contributed by atoms with Crippen LogP contribution in [0.4, 0.5) is 0 Å². The van der Waals surface area contributed by atoms with Crippen LogP contribution in [0.2, 0.25) is 0 Å². The van der Waals surface area contributed by atoms with Gasteiger partial charge in [0.2, 0.25) is 5.91 Å². The molecular weight excluding hydrogens is 278 g/mol. The van der Waals surface area contributed by atoms with Crippen molar-refractivity contribution < 1.29 is 14.6 Å². The first-order valence-corrected chi connectivity index (χ1v) is 8.14. The molecule has 22 heavy (non-hydrogen) atoms. The Balaban J connectivity index is 1.67. The molecule has 2 atom stereocenters. The Bertz CT molecular complexity index is 549. The number of hydrogen-bond donors (Lipinski definition) is 2. The zero-order valence-corrected chi connectivity index (χ0v) is 13.3. The Labute approximate surface area is 131 Å². The van der Waals surface area contributed by atoms with E-state index >= 15 is 0 Å². The molecule has 1 fully saturated rings. The standard InChI is InChI=1S/C18H25NO3/c1-18(2,13-7-9-22-10-8-13)17(21)19-15-11-12-5-3-4-6-14(12)16(15)20/h3-6,13,15-16,20H,7-11H2,1-2H3,(H,19,21)/t15-,16-/m1/s1. The molecule has 0 spiro atoms. The molecule has 2 N–H and O–H groups in total. The molecule has 1 saturated heterocycles. The number of ether oxygens (including phenoxy) is 1. The summed E-state index contributed by atoms with van der Waals surface area (Å²) in [5.41, 5.74) is 1.64. The average Bonchev–Trinajstić information content (AvgIpc) is 2.85. The average molecular weight is 303 g/mol. The van der Waals surface area contributed by atoms with Gasteiger partial charge in [-0.05, 0) is 36.3 Å². The summed E-state index contributed by atoms with van der Waals surface area (Å²) in [5.74, 6) is 0.374. The van der Waals surface area contributed by atoms with Crippen molar-refractivity contribution in [1.82, 2.24) is 5.32 Å². The lowest BCUT2D eigenvalue weighted by atomic mass is 9.74.